The molecule has 1 N–H and O–H groups in total. The van der Waals surface area contributed by atoms with E-state index in [4.69, 9.17) is 11.6 Å². The molecule has 1 aliphatic rings. The molecule has 0 aliphatic carbocycles. The van der Waals surface area contributed by atoms with E-state index in [-0.39, 0.29) is 12.4 Å². The molecule has 0 radical (unpaired) electrons. The lowest BCUT2D eigenvalue weighted by Crippen LogP contribution is -2.45. The van der Waals surface area contributed by atoms with Gasteiger partial charge in [0.15, 0.2) is 0 Å². The second kappa shape index (κ2) is 7.24. The zero-order valence-electron chi connectivity index (χ0n) is 9.83. The van der Waals surface area contributed by atoms with Crippen LogP contribution in [0.25, 0.3) is 0 Å². The van der Waals surface area contributed by atoms with Crippen molar-refractivity contribution in [1.29, 1.82) is 0 Å². The number of rotatable bonds is 3. The summed E-state index contributed by atoms with van der Waals surface area (Å²) in [6.45, 7) is 2.67. The predicted octanol–water partition coefficient (Wildman–Crippen LogP) is 2.82. The van der Waals surface area contributed by atoms with Crippen LogP contribution in [0.1, 0.15) is 11.6 Å². The van der Waals surface area contributed by atoms with Gasteiger partial charge >= 0.3 is 0 Å². The number of hydrogen-bond acceptors (Lipinski definition) is 2. The summed E-state index contributed by atoms with van der Waals surface area (Å²) in [5.74, 6) is -0.416. The van der Waals surface area contributed by atoms with Crippen LogP contribution in [0.4, 0.5) is 8.78 Å². The highest BCUT2D eigenvalue weighted by molar-refractivity contribution is 6.30. The monoisotopic (exact) mass is 296 g/mol. The maximum atomic E-state index is 13.3. The topological polar surface area (TPSA) is 15.3 Å². The number of nitrogens with zero attached hydrogens (tertiary/aromatic N) is 1. The van der Waals surface area contributed by atoms with Crippen LogP contribution >= 0.6 is 24.0 Å². The number of hydrogen-bond donors (Lipinski definition) is 1. The smallest absolute Gasteiger partial charge is 0.125 e. The molecule has 2 rings (SSSR count). The van der Waals surface area contributed by atoms with E-state index in [1.54, 1.807) is 6.07 Å². The standard InChI is InChI=1S/C12H15ClF2N2.ClH/c13-10-5-9(6-11(15)7-10)12(8-14)17-3-1-16-2-4-17;/h5-7,12,16H,1-4,8H2;1H/t12-;/m1./s1. The van der Waals surface area contributed by atoms with Crippen molar-refractivity contribution < 1.29 is 8.78 Å². The first-order valence-electron chi connectivity index (χ1n) is 5.67. The summed E-state index contributed by atoms with van der Waals surface area (Å²) in [6, 6.07) is 3.83. The SMILES string of the molecule is Cl.FC[C@H](c1cc(F)cc(Cl)c1)N1CCNCC1. The molecule has 6 heteroatoms. The van der Waals surface area contributed by atoms with Crippen molar-refractivity contribution in [3.63, 3.8) is 0 Å². The molecule has 2 nitrogen and oxygen atoms in total. The molecule has 0 amide bonds. The molecular formula is C12H16Cl2F2N2. The van der Waals surface area contributed by atoms with Crippen LogP contribution in [0.2, 0.25) is 5.02 Å². The van der Waals surface area contributed by atoms with Gasteiger partial charge in [-0.1, -0.05) is 11.6 Å². The number of piperazine rings is 1. The second-order valence-electron chi connectivity index (χ2n) is 4.16. The van der Waals surface area contributed by atoms with Crippen LogP contribution in [0.3, 0.4) is 0 Å². The van der Waals surface area contributed by atoms with Crippen molar-refractivity contribution in [1.82, 2.24) is 10.2 Å². The minimum Gasteiger partial charge on any atom is -0.314 e. The van der Waals surface area contributed by atoms with Crippen LogP contribution in [-0.2, 0) is 0 Å². The Balaban J connectivity index is 0.00000162. The first-order valence-corrected chi connectivity index (χ1v) is 6.05. The molecule has 18 heavy (non-hydrogen) atoms. The second-order valence-corrected chi connectivity index (χ2v) is 4.60. The molecule has 0 aromatic heterocycles. The third-order valence-electron chi connectivity index (χ3n) is 3.01. The maximum absolute atomic E-state index is 13.3. The molecule has 0 bridgehead atoms. The summed E-state index contributed by atoms with van der Waals surface area (Å²) in [5, 5.41) is 3.52. The molecule has 1 aliphatic heterocycles. The van der Waals surface area contributed by atoms with Crippen LogP contribution in [-0.4, -0.2) is 37.8 Å². The predicted molar refractivity (Wildman–Crippen MR) is 71.8 cm³/mol. The van der Waals surface area contributed by atoms with Gasteiger partial charge in [-0.25, -0.2) is 8.78 Å². The van der Waals surface area contributed by atoms with E-state index < -0.39 is 18.5 Å². The average molecular weight is 297 g/mol. The largest absolute Gasteiger partial charge is 0.314 e. The van der Waals surface area contributed by atoms with Crippen LogP contribution < -0.4 is 5.32 Å². The fraction of sp³-hybridized carbons (Fsp3) is 0.500. The van der Waals surface area contributed by atoms with E-state index in [9.17, 15) is 8.78 Å². The Hall–Kier alpha value is -0.420. The minimum atomic E-state index is -0.528. The first kappa shape index (κ1) is 15.6. The van der Waals surface area contributed by atoms with Gasteiger partial charge in [-0.15, -0.1) is 12.4 Å². The van der Waals surface area contributed by atoms with Crippen LogP contribution in [0, 0.1) is 5.82 Å². The summed E-state index contributed by atoms with van der Waals surface area (Å²) in [7, 11) is 0. The highest BCUT2D eigenvalue weighted by atomic mass is 35.5. The maximum Gasteiger partial charge on any atom is 0.125 e. The molecule has 0 saturated carbocycles. The van der Waals surface area contributed by atoms with Crippen LogP contribution in [0.5, 0.6) is 0 Å². The van der Waals surface area contributed by atoms with Gasteiger partial charge in [-0.05, 0) is 23.8 Å². The zero-order chi connectivity index (χ0) is 12.3. The minimum absolute atomic E-state index is 0. The van der Waals surface area contributed by atoms with E-state index in [2.05, 4.69) is 5.32 Å². The van der Waals surface area contributed by atoms with Gasteiger partial charge in [0.25, 0.3) is 0 Å². The van der Waals surface area contributed by atoms with E-state index in [0.717, 1.165) is 26.2 Å². The van der Waals surface area contributed by atoms with Crippen molar-refractivity contribution in [2.45, 2.75) is 6.04 Å². The summed E-state index contributed by atoms with van der Waals surface area (Å²) in [6.07, 6.45) is 0. The summed E-state index contributed by atoms with van der Waals surface area (Å²) < 4.78 is 26.4. The Bertz CT molecular complexity index is 364. The zero-order valence-corrected chi connectivity index (χ0v) is 11.4. The summed E-state index contributed by atoms with van der Waals surface area (Å²) >= 11 is 5.80. The van der Waals surface area contributed by atoms with Gasteiger partial charge < -0.3 is 5.32 Å². The van der Waals surface area contributed by atoms with Crippen molar-refractivity contribution in [2.75, 3.05) is 32.9 Å². The molecular weight excluding hydrogens is 281 g/mol. The van der Waals surface area contributed by atoms with E-state index >= 15 is 0 Å². The van der Waals surface area contributed by atoms with Gasteiger partial charge in [-0.2, -0.15) is 0 Å². The van der Waals surface area contributed by atoms with Crippen LogP contribution in [0.15, 0.2) is 18.2 Å². The quantitative estimate of drug-likeness (QED) is 0.923. The first-order chi connectivity index (χ1) is 8.20. The number of alkyl halides is 1. The van der Waals surface area contributed by atoms with Gasteiger partial charge in [0.2, 0.25) is 0 Å². The Morgan fingerprint density at radius 3 is 2.50 bits per heavy atom. The summed E-state index contributed by atoms with van der Waals surface area (Å²) in [5.41, 5.74) is 0.611. The fourth-order valence-electron chi connectivity index (χ4n) is 2.16. The number of halogens is 4. The molecule has 1 fully saturated rings. The highest BCUT2D eigenvalue weighted by Gasteiger charge is 2.22. The van der Waals surface area contributed by atoms with Gasteiger partial charge in [-0.3, -0.25) is 4.90 Å². The Morgan fingerprint density at radius 1 is 1.28 bits per heavy atom. The van der Waals surface area contributed by atoms with Crippen molar-refractivity contribution in [3.05, 3.63) is 34.6 Å². The number of nitrogens with one attached hydrogen (secondary N) is 1. The van der Waals surface area contributed by atoms with E-state index in [1.807, 2.05) is 4.90 Å². The van der Waals surface area contributed by atoms with Crippen molar-refractivity contribution >= 4 is 24.0 Å². The average Bonchev–Trinajstić information content (AvgIpc) is 2.30. The third kappa shape index (κ3) is 3.79. The van der Waals surface area contributed by atoms with Gasteiger partial charge in [0, 0.05) is 31.2 Å². The Kier molecular flexibility index (Phi) is 6.29. The third-order valence-corrected chi connectivity index (χ3v) is 3.23. The normalized spacial score (nSPS) is 18.2. The van der Waals surface area contributed by atoms with E-state index in [0.29, 0.717) is 10.6 Å². The summed E-state index contributed by atoms with van der Waals surface area (Å²) in [4.78, 5) is 2.02. The molecule has 1 heterocycles. The lowest BCUT2D eigenvalue weighted by molar-refractivity contribution is 0.147. The van der Waals surface area contributed by atoms with E-state index in [1.165, 1.54) is 12.1 Å². The molecule has 1 atom stereocenters. The molecule has 1 aromatic carbocycles. The highest BCUT2D eigenvalue weighted by Crippen LogP contribution is 2.25. The van der Waals surface area contributed by atoms with Crippen molar-refractivity contribution in [2.24, 2.45) is 0 Å². The lowest BCUT2D eigenvalue weighted by Gasteiger charge is -2.33. The molecule has 0 spiro atoms. The molecule has 102 valence electrons. The molecule has 0 unspecified atom stereocenters. The van der Waals surface area contributed by atoms with Gasteiger partial charge in [0.1, 0.15) is 12.5 Å². The van der Waals surface area contributed by atoms with Gasteiger partial charge in [0.05, 0.1) is 6.04 Å². The molecule has 1 aromatic rings. The Morgan fingerprint density at radius 2 is 1.94 bits per heavy atom. The Labute approximate surface area is 117 Å². The van der Waals surface area contributed by atoms with Crippen molar-refractivity contribution in [3.8, 4) is 0 Å². The number of benzene rings is 1. The fourth-order valence-corrected chi connectivity index (χ4v) is 2.39. The lowest BCUT2D eigenvalue weighted by atomic mass is 10.1. The molecule has 1 saturated heterocycles.